The molecule has 0 unspecified atom stereocenters. The molecule has 3 aromatic rings. The molecule has 1 aliphatic heterocycles. The van der Waals surface area contributed by atoms with Gasteiger partial charge in [-0.1, -0.05) is 29.8 Å². The van der Waals surface area contributed by atoms with E-state index in [0.717, 1.165) is 23.3 Å². The zero-order chi connectivity index (χ0) is 21.7. The number of sulfonamides is 1. The van der Waals surface area contributed by atoms with Gasteiger partial charge in [0.25, 0.3) is 10.0 Å². The van der Waals surface area contributed by atoms with Gasteiger partial charge in [0.15, 0.2) is 0 Å². The Morgan fingerprint density at radius 2 is 1.60 bits per heavy atom. The van der Waals surface area contributed by atoms with Crippen molar-refractivity contribution in [3.05, 3.63) is 81.3 Å². The van der Waals surface area contributed by atoms with Gasteiger partial charge in [0.1, 0.15) is 0 Å². The van der Waals surface area contributed by atoms with Crippen LogP contribution in [0.1, 0.15) is 11.1 Å². The van der Waals surface area contributed by atoms with Crippen molar-refractivity contribution in [1.29, 1.82) is 0 Å². The van der Waals surface area contributed by atoms with Crippen molar-refractivity contribution in [1.82, 2.24) is 0 Å². The molecule has 30 heavy (non-hydrogen) atoms. The van der Waals surface area contributed by atoms with E-state index in [1.165, 1.54) is 28.6 Å². The van der Waals surface area contributed by atoms with Gasteiger partial charge >= 0.3 is 6.18 Å². The highest BCUT2D eigenvalue weighted by molar-refractivity contribution is 9.10. The molecule has 0 N–H and O–H groups in total. The Bertz CT molecular complexity index is 1230. The normalized spacial score (nSPS) is 14.1. The lowest BCUT2D eigenvalue weighted by atomic mass is 10.0. The van der Waals surface area contributed by atoms with Crippen LogP contribution in [-0.4, -0.2) is 15.0 Å². The molecule has 0 bridgehead atoms. The molecule has 0 aromatic heterocycles. The largest absolute Gasteiger partial charge is 0.416 e. The van der Waals surface area contributed by atoms with Crippen molar-refractivity contribution in [2.24, 2.45) is 0 Å². The average molecular weight is 517 g/mol. The van der Waals surface area contributed by atoms with Crippen LogP contribution in [0, 0.1) is 0 Å². The maximum Gasteiger partial charge on any atom is 0.416 e. The highest BCUT2D eigenvalue weighted by Crippen LogP contribution is 2.37. The van der Waals surface area contributed by atoms with Gasteiger partial charge in [-0.15, -0.1) is 0 Å². The van der Waals surface area contributed by atoms with Crippen LogP contribution >= 0.6 is 27.5 Å². The van der Waals surface area contributed by atoms with Crippen LogP contribution in [0.3, 0.4) is 0 Å². The Kier molecular flexibility index (Phi) is 5.36. The summed E-state index contributed by atoms with van der Waals surface area (Å²) in [4.78, 5) is 0.0929. The molecule has 0 fully saturated rings. The van der Waals surface area contributed by atoms with Crippen LogP contribution < -0.4 is 4.31 Å². The maximum absolute atomic E-state index is 13.1. The summed E-state index contributed by atoms with van der Waals surface area (Å²) in [5.74, 6) is 0. The fourth-order valence-electron chi connectivity index (χ4n) is 3.42. The summed E-state index contributed by atoms with van der Waals surface area (Å²) in [6.07, 6.45) is -3.88. The van der Waals surface area contributed by atoms with Crippen LogP contribution in [-0.2, 0) is 22.6 Å². The second-order valence-electron chi connectivity index (χ2n) is 6.82. The molecule has 3 nitrogen and oxygen atoms in total. The lowest BCUT2D eigenvalue weighted by Gasteiger charge is -2.20. The maximum atomic E-state index is 13.1. The van der Waals surface area contributed by atoms with Gasteiger partial charge in [-0.05, 0) is 81.5 Å². The zero-order valence-electron chi connectivity index (χ0n) is 15.2. The number of anilines is 1. The van der Waals surface area contributed by atoms with Crippen molar-refractivity contribution in [2.45, 2.75) is 17.5 Å². The SMILES string of the molecule is O=S(=O)(c1ccc(Br)c(Cl)c1)N1CCc2cc(-c3ccc(C(F)(F)F)cc3)ccc21. The lowest BCUT2D eigenvalue weighted by molar-refractivity contribution is -0.137. The molecular formula is C21H14BrClF3NO2S. The van der Waals surface area contributed by atoms with E-state index in [0.29, 0.717) is 27.2 Å². The summed E-state index contributed by atoms with van der Waals surface area (Å²) in [6, 6.07) is 14.6. The number of halogens is 5. The molecule has 0 amide bonds. The van der Waals surface area contributed by atoms with Crippen molar-refractivity contribution >= 4 is 43.2 Å². The molecule has 0 spiro atoms. The predicted octanol–water partition coefficient (Wildman–Crippen LogP) is 6.54. The number of alkyl halides is 3. The Morgan fingerprint density at radius 3 is 2.23 bits per heavy atom. The van der Waals surface area contributed by atoms with E-state index in [2.05, 4.69) is 15.9 Å². The minimum atomic E-state index is -4.39. The minimum Gasteiger partial charge on any atom is -0.266 e. The molecule has 4 rings (SSSR count). The Balaban J connectivity index is 1.66. The third kappa shape index (κ3) is 3.84. The molecule has 156 valence electrons. The van der Waals surface area contributed by atoms with Gasteiger partial charge in [0.05, 0.1) is 21.2 Å². The van der Waals surface area contributed by atoms with E-state index in [9.17, 15) is 21.6 Å². The zero-order valence-corrected chi connectivity index (χ0v) is 18.4. The number of benzene rings is 3. The van der Waals surface area contributed by atoms with Crippen LogP contribution in [0.4, 0.5) is 18.9 Å². The summed E-state index contributed by atoms with van der Waals surface area (Å²) in [7, 11) is -3.79. The first-order chi connectivity index (χ1) is 14.1. The number of nitrogens with zero attached hydrogens (tertiary/aromatic N) is 1. The fourth-order valence-corrected chi connectivity index (χ4v) is 5.44. The van der Waals surface area contributed by atoms with Crippen LogP contribution in [0.15, 0.2) is 70.0 Å². The Hall–Kier alpha value is -2.03. The Labute approximate surface area is 185 Å². The first kappa shape index (κ1) is 21.2. The standard InChI is InChI=1S/C21H14BrClF3NO2S/c22-18-7-6-17(12-19(18)23)30(28,29)27-10-9-15-11-14(3-8-20(15)27)13-1-4-16(5-2-13)21(24,25)26/h1-8,11-12H,9-10H2. The monoisotopic (exact) mass is 515 g/mol. The highest BCUT2D eigenvalue weighted by Gasteiger charge is 2.32. The summed E-state index contributed by atoms with van der Waals surface area (Å²) < 4.78 is 66.4. The predicted molar refractivity (Wildman–Crippen MR) is 114 cm³/mol. The van der Waals surface area contributed by atoms with E-state index in [1.807, 2.05) is 6.07 Å². The minimum absolute atomic E-state index is 0.0929. The molecule has 0 saturated carbocycles. The number of fused-ring (bicyclic) bond motifs is 1. The molecule has 0 atom stereocenters. The fraction of sp³-hybridized carbons (Fsp3) is 0.143. The Morgan fingerprint density at radius 1 is 0.933 bits per heavy atom. The van der Waals surface area contributed by atoms with Gasteiger partial charge < -0.3 is 0 Å². The number of hydrogen-bond donors (Lipinski definition) is 0. The van der Waals surface area contributed by atoms with E-state index in [-0.39, 0.29) is 11.4 Å². The van der Waals surface area contributed by atoms with Gasteiger partial charge in [0.2, 0.25) is 0 Å². The molecule has 0 saturated heterocycles. The molecule has 0 aliphatic carbocycles. The van der Waals surface area contributed by atoms with Crippen LogP contribution in [0.25, 0.3) is 11.1 Å². The number of rotatable bonds is 3. The van der Waals surface area contributed by atoms with Crippen LogP contribution in [0.2, 0.25) is 5.02 Å². The van der Waals surface area contributed by atoms with Crippen molar-refractivity contribution in [3.8, 4) is 11.1 Å². The summed E-state index contributed by atoms with van der Waals surface area (Å²) in [5, 5.41) is 0.299. The summed E-state index contributed by atoms with van der Waals surface area (Å²) >= 11 is 9.30. The van der Waals surface area contributed by atoms with Crippen LogP contribution in [0.5, 0.6) is 0 Å². The third-order valence-corrected chi connectivity index (χ3v) is 8.00. The van der Waals surface area contributed by atoms with Gasteiger partial charge in [0, 0.05) is 11.0 Å². The topological polar surface area (TPSA) is 37.4 Å². The van der Waals surface area contributed by atoms with E-state index in [4.69, 9.17) is 11.6 Å². The molecular weight excluding hydrogens is 503 g/mol. The lowest BCUT2D eigenvalue weighted by Crippen LogP contribution is -2.29. The van der Waals surface area contributed by atoms with Crippen molar-refractivity contribution in [2.75, 3.05) is 10.8 Å². The molecule has 0 radical (unpaired) electrons. The third-order valence-electron chi connectivity index (χ3n) is 4.96. The average Bonchev–Trinajstić information content (AvgIpc) is 3.13. The molecule has 9 heteroatoms. The second-order valence-corrected chi connectivity index (χ2v) is 9.95. The van der Waals surface area contributed by atoms with E-state index in [1.54, 1.807) is 18.2 Å². The number of hydrogen-bond acceptors (Lipinski definition) is 2. The second kappa shape index (κ2) is 7.59. The first-order valence-corrected chi connectivity index (χ1v) is 11.5. The van der Waals surface area contributed by atoms with Crippen molar-refractivity contribution in [3.63, 3.8) is 0 Å². The summed E-state index contributed by atoms with van der Waals surface area (Å²) in [6.45, 7) is 0.280. The van der Waals surface area contributed by atoms with Gasteiger partial charge in [-0.3, -0.25) is 4.31 Å². The smallest absolute Gasteiger partial charge is 0.266 e. The van der Waals surface area contributed by atoms with Gasteiger partial charge in [-0.25, -0.2) is 8.42 Å². The van der Waals surface area contributed by atoms with E-state index < -0.39 is 21.8 Å². The van der Waals surface area contributed by atoms with Crippen molar-refractivity contribution < 1.29 is 21.6 Å². The molecule has 1 heterocycles. The molecule has 3 aromatic carbocycles. The van der Waals surface area contributed by atoms with E-state index >= 15 is 0 Å². The molecule has 1 aliphatic rings. The van der Waals surface area contributed by atoms with Gasteiger partial charge in [-0.2, -0.15) is 13.2 Å². The quantitative estimate of drug-likeness (QED) is 0.396. The highest BCUT2D eigenvalue weighted by atomic mass is 79.9. The first-order valence-electron chi connectivity index (χ1n) is 8.86. The summed E-state index contributed by atoms with van der Waals surface area (Å²) in [5.41, 5.74) is 2.03.